The second-order valence-corrected chi connectivity index (χ2v) is 6.55. The molecule has 0 aliphatic carbocycles. The number of aryl methyl sites for hydroxylation is 1. The number of rotatable bonds is 6. The van der Waals surface area contributed by atoms with Crippen molar-refractivity contribution in [1.82, 2.24) is 10.3 Å². The van der Waals surface area contributed by atoms with Crippen molar-refractivity contribution in [3.63, 3.8) is 0 Å². The molecule has 21 heavy (non-hydrogen) atoms. The van der Waals surface area contributed by atoms with Crippen molar-refractivity contribution in [1.29, 1.82) is 0 Å². The Kier molecular flexibility index (Phi) is 5.31. The van der Waals surface area contributed by atoms with E-state index >= 15 is 0 Å². The third kappa shape index (κ3) is 4.25. The first-order valence-electron chi connectivity index (χ1n) is 7.11. The Labute approximate surface area is 129 Å². The highest BCUT2D eigenvalue weighted by Gasteiger charge is 2.13. The minimum atomic E-state index is -0.167. The van der Waals surface area contributed by atoms with Gasteiger partial charge in [0, 0.05) is 36.6 Å². The fraction of sp³-hybridized carbons (Fsp3) is 0.438. The van der Waals surface area contributed by atoms with Gasteiger partial charge in [-0.25, -0.2) is 9.37 Å². The van der Waals surface area contributed by atoms with Gasteiger partial charge in [-0.2, -0.15) is 0 Å². The predicted octanol–water partition coefficient (Wildman–Crippen LogP) is 3.73. The zero-order valence-corrected chi connectivity index (χ0v) is 13.8. The molecule has 2 aromatic rings. The second-order valence-electron chi connectivity index (χ2n) is 5.49. The van der Waals surface area contributed by atoms with Gasteiger partial charge in [-0.05, 0) is 13.0 Å². The van der Waals surface area contributed by atoms with Gasteiger partial charge < -0.3 is 10.2 Å². The lowest BCUT2D eigenvalue weighted by Gasteiger charge is -2.16. The standard InChI is InChI=1S/C16H22FN3S/c1-11(2)18-9-15-12(3)19-16(21-15)20(4)10-13-7-5-6-8-14(13)17/h5-8,11,18H,9-10H2,1-4H3. The highest BCUT2D eigenvalue weighted by molar-refractivity contribution is 7.15. The van der Waals surface area contributed by atoms with Gasteiger partial charge in [0.1, 0.15) is 5.82 Å². The second kappa shape index (κ2) is 7.00. The van der Waals surface area contributed by atoms with Crippen LogP contribution in [0.2, 0.25) is 0 Å². The lowest BCUT2D eigenvalue weighted by Crippen LogP contribution is -2.21. The van der Waals surface area contributed by atoms with Crippen LogP contribution in [-0.4, -0.2) is 18.1 Å². The number of thiazole rings is 1. The van der Waals surface area contributed by atoms with E-state index in [4.69, 9.17) is 0 Å². The van der Waals surface area contributed by atoms with Crippen molar-refractivity contribution < 1.29 is 4.39 Å². The Morgan fingerprint density at radius 3 is 2.71 bits per heavy atom. The van der Waals surface area contributed by atoms with Gasteiger partial charge in [0.25, 0.3) is 0 Å². The normalized spacial score (nSPS) is 11.1. The van der Waals surface area contributed by atoms with Crippen molar-refractivity contribution in [3.05, 3.63) is 46.2 Å². The Hall–Kier alpha value is -1.46. The van der Waals surface area contributed by atoms with E-state index < -0.39 is 0 Å². The summed E-state index contributed by atoms with van der Waals surface area (Å²) in [6, 6.07) is 7.33. The number of halogens is 1. The lowest BCUT2D eigenvalue weighted by atomic mass is 10.2. The molecular weight excluding hydrogens is 285 g/mol. The van der Waals surface area contributed by atoms with E-state index in [1.807, 2.05) is 31.0 Å². The maximum absolute atomic E-state index is 13.7. The number of benzene rings is 1. The molecular formula is C16H22FN3S. The Morgan fingerprint density at radius 2 is 2.05 bits per heavy atom. The minimum Gasteiger partial charge on any atom is -0.347 e. The first-order chi connectivity index (χ1) is 9.97. The largest absolute Gasteiger partial charge is 0.347 e. The van der Waals surface area contributed by atoms with Crippen LogP contribution in [0.1, 0.15) is 30.0 Å². The number of nitrogens with zero attached hydrogens (tertiary/aromatic N) is 2. The topological polar surface area (TPSA) is 28.2 Å². The summed E-state index contributed by atoms with van der Waals surface area (Å²) in [6.07, 6.45) is 0. The molecule has 1 aromatic carbocycles. The van der Waals surface area contributed by atoms with Gasteiger partial charge in [-0.3, -0.25) is 0 Å². The van der Waals surface area contributed by atoms with Crippen LogP contribution in [0.5, 0.6) is 0 Å². The molecule has 1 N–H and O–H groups in total. The smallest absolute Gasteiger partial charge is 0.185 e. The maximum atomic E-state index is 13.7. The number of anilines is 1. The Balaban J connectivity index is 2.07. The lowest BCUT2D eigenvalue weighted by molar-refractivity contribution is 0.591. The van der Waals surface area contributed by atoms with Crippen LogP contribution in [0.3, 0.4) is 0 Å². The Morgan fingerprint density at radius 1 is 1.33 bits per heavy atom. The van der Waals surface area contributed by atoms with Crippen LogP contribution >= 0.6 is 11.3 Å². The number of nitrogens with one attached hydrogen (secondary N) is 1. The molecule has 0 aliphatic rings. The van der Waals surface area contributed by atoms with E-state index in [2.05, 4.69) is 24.1 Å². The molecule has 0 bridgehead atoms. The average molecular weight is 307 g/mol. The van der Waals surface area contributed by atoms with E-state index in [9.17, 15) is 4.39 Å². The maximum Gasteiger partial charge on any atom is 0.185 e. The number of aromatic nitrogens is 1. The molecule has 0 amide bonds. The molecule has 3 nitrogen and oxygen atoms in total. The van der Waals surface area contributed by atoms with Crippen molar-refractivity contribution in [2.75, 3.05) is 11.9 Å². The number of hydrogen-bond donors (Lipinski definition) is 1. The molecule has 0 radical (unpaired) electrons. The van der Waals surface area contributed by atoms with Crippen molar-refractivity contribution in [3.8, 4) is 0 Å². The predicted molar refractivity (Wildman–Crippen MR) is 87.3 cm³/mol. The van der Waals surface area contributed by atoms with E-state index in [1.54, 1.807) is 17.4 Å². The summed E-state index contributed by atoms with van der Waals surface area (Å²) in [5.41, 5.74) is 1.73. The summed E-state index contributed by atoms with van der Waals surface area (Å²) in [5, 5.41) is 4.33. The van der Waals surface area contributed by atoms with E-state index in [-0.39, 0.29) is 5.82 Å². The zero-order valence-electron chi connectivity index (χ0n) is 13.0. The van der Waals surface area contributed by atoms with Gasteiger partial charge in [-0.15, -0.1) is 11.3 Å². The summed E-state index contributed by atoms with van der Waals surface area (Å²) >= 11 is 1.66. The van der Waals surface area contributed by atoms with Gasteiger partial charge in [0.15, 0.2) is 5.13 Å². The number of hydrogen-bond acceptors (Lipinski definition) is 4. The van der Waals surface area contributed by atoms with Crippen LogP contribution in [0.15, 0.2) is 24.3 Å². The fourth-order valence-corrected chi connectivity index (χ4v) is 2.96. The molecule has 0 saturated carbocycles. The molecule has 1 heterocycles. The third-order valence-electron chi connectivity index (χ3n) is 3.24. The first-order valence-corrected chi connectivity index (χ1v) is 7.93. The zero-order chi connectivity index (χ0) is 15.4. The molecule has 0 atom stereocenters. The first kappa shape index (κ1) is 15.9. The molecule has 0 aliphatic heterocycles. The van der Waals surface area contributed by atoms with Gasteiger partial charge in [-0.1, -0.05) is 32.0 Å². The van der Waals surface area contributed by atoms with Gasteiger partial charge in [0.2, 0.25) is 0 Å². The fourth-order valence-electron chi connectivity index (χ4n) is 1.99. The summed E-state index contributed by atoms with van der Waals surface area (Å²) < 4.78 is 13.7. The van der Waals surface area contributed by atoms with E-state index in [0.717, 1.165) is 17.4 Å². The van der Waals surface area contributed by atoms with E-state index in [0.29, 0.717) is 18.2 Å². The monoisotopic (exact) mass is 307 g/mol. The van der Waals surface area contributed by atoms with Crippen molar-refractivity contribution in [2.45, 2.75) is 39.9 Å². The van der Waals surface area contributed by atoms with Gasteiger partial charge in [0.05, 0.1) is 5.69 Å². The van der Waals surface area contributed by atoms with Crippen LogP contribution in [0, 0.1) is 12.7 Å². The van der Waals surface area contributed by atoms with Crippen LogP contribution in [0.4, 0.5) is 9.52 Å². The highest BCUT2D eigenvalue weighted by Crippen LogP contribution is 2.26. The van der Waals surface area contributed by atoms with Crippen molar-refractivity contribution in [2.24, 2.45) is 0 Å². The summed E-state index contributed by atoms with van der Waals surface area (Å²) in [7, 11) is 1.95. The summed E-state index contributed by atoms with van der Waals surface area (Å²) in [5.74, 6) is -0.167. The molecule has 0 fully saturated rings. The van der Waals surface area contributed by atoms with E-state index in [1.165, 1.54) is 10.9 Å². The van der Waals surface area contributed by atoms with Crippen LogP contribution in [0.25, 0.3) is 0 Å². The van der Waals surface area contributed by atoms with Gasteiger partial charge >= 0.3 is 0 Å². The minimum absolute atomic E-state index is 0.167. The third-order valence-corrected chi connectivity index (χ3v) is 4.52. The molecule has 0 saturated heterocycles. The average Bonchev–Trinajstić information content (AvgIpc) is 2.80. The molecule has 0 unspecified atom stereocenters. The van der Waals surface area contributed by atoms with Crippen molar-refractivity contribution >= 4 is 16.5 Å². The van der Waals surface area contributed by atoms with Crippen LogP contribution < -0.4 is 10.2 Å². The SMILES string of the molecule is Cc1nc(N(C)Cc2ccccc2F)sc1CNC(C)C. The highest BCUT2D eigenvalue weighted by atomic mass is 32.1. The molecule has 5 heteroatoms. The summed E-state index contributed by atoms with van der Waals surface area (Å²) in [6.45, 7) is 7.63. The van der Waals surface area contributed by atoms with Crippen LogP contribution in [-0.2, 0) is 13.1 Å². The molecule has 2 rings (SSSR count). The molecule has 1 aromatic heterocycles. The quantitative estimate of drug-likeness (QED) is 0.881. The molecule has 114 valence electrons. The Bertz CT molecular complexity index is 595. The summed E-state index contributed by atoms with van der Waals surface area (Å²) in [4.78, 5) is 7.83. The molecule has 0 spiro atoms.